The topological polar surface area (TPSA) is 89.7 Å². The summed E-state index contributed by atoms with van der Waals surface area (Å²) in [6, 6.07) is 8.42. The van der Waals surface area contributed by atoms with Crippen LogP contribution in [-0.2, 0) is 0 Å². The van der Waals surface area contributed by atoms with Crippen molar-refractivity contribution in [2.45, 2.75) is 6.92 Å². The van der Waals surface area contributed by atoms with Crippen LogP contribution in [0.3, 0.4) is 0 Å². The van der Waals surface area contributed by atoms with Crippen molar-refractivity contribution < 1.29 is 19.6 Å². The van der Waals surface area contributed by atoms with Gasteiger partial charge in [-0.15, -0.1) is 0 Å². The van der Waals surface area contributed by atoms with Crippen molar-refractivity contribution in [1.29, 1.82) is 0 Å². The van der Waals surface area contributed by atoms with Crippen LogP contribution in [-0.4, -0.2) is 16.0 Å². The molecule has 0 aliphatic carbocycles. The summed E-state index contributed by atoms with van der Waals surface area (Å²) >= 11 is 5.93. The predicted octanol–water partition coefficient (Wildman–Crippen LogP) is 4.05. The third-order valence-corrected chi connectivity index (χ3v) is 3.08. The Kier molecular flexibility index (Phi) is 4.09. The van der Waals surface area contributed by atoms with Crippen LogP contribution in [0.15, 0.2) is 36.4 Å². The highest BCUT2D eigenvalue weighted by Gasteiger charge is 2.17. The fourth-order valence-corrected chi connectivity index (χ4v) is 1.97. The summed E-state index contributed by atoms with van der Waals surface area (Å²) in [6.07, 6.45) is 0. The van der Waals surface area contributed by atoms with E-state index in [2.05, 4.69) is 0 Å². The van der Waals surface area contributed by atoms with E-state index in [-0.39, 0.29) is 27.8 Å². The third-order valence-electron chi connectivity index (χ3n) is 2.78. The van der Waals surface area contributed by atoms with Crippen LogP contribution in [0.4, 0.5) is 5.69 Å². The molecule has 0 atom stereocenters. The molecule has 0 radical (unpaired) electrons. The average Bonchev–Trinajstić information content (AvgIpc) is 2.42. The Morgan fingerprint density at radius 1 is 1.33 bits per heavy atom. The van der Waals surface area contributed by atoms with E-state index in [1.165, 1.54) is 18.2 Å². The van der Waals surface area contributed by atoms with E-state index >= 15 is 0 Å². The van der Waals surface area contributed by atoms with Gasteiger partial charge in [-0.1, -0.05) is 23.7 Å². The summed E-state index contributed by atoms with van der Waals surface area (Å²) in [5.74, 6) is -0.827. The number of rotatable bonds is 4. The van der Waals surface area contributed by atoms with Crippen molar-refractivity contribution in [2.24, 2.45) is 0 Å². The molecule has 0 amide bonds. The highest BCUT2D eigenvalue weighted by molar-refractivity contribution is 6.32. The maximum Gasteiger partial charge on any atom is 0.339 e. The molecule has 6 nitrogen and oxygen atoms in total. The number of nitro benzene ring substituents is 1. The number of aryl methyl sites for hydroxylation is 1. The number of nitro groups is 1. The molecule has 0 bridgehead atoms. The Hall–Kier alpha value is -2.60. The number of hydrogen-bond acceptors (Lipinski definition) is 4. The van der Waals surface area contributed by atoms with E-state index in [4.69, 9.17) is 21.4 Å². The second-order valence-corrected chi connectivity index (χ2v) is 4.64. The molecule has 0 unspecified atom stereocenters. The van der Waals surface area contributed by atoms with Gasteiger partial charge in [-0.3, -0.25) is 10.1 Å². The van der Waals surface area contributed by atoms with Crippen molar-refractivity contribution >= 4 is 23.3 Å². The zero-order chi connectivity index (χ0) is 15.6. The smallest absolute Gasteiger partial charge is 0.339 e. The Morgan fingerprint density at radius 3 is 2.62 bits per heavy atom. The number of ether oxygens (including phenoxy) is 1. The third kappa shape index (κ3) is 3.11. The monoisotopic (exact) mass is 307 g/mol. The zero-order valence-corrected chi connectivity index (χ0v) is 11.6. The van der Waals surface area contributed by atoms with Gasteiger partial charge in [0.2, 0.25) is 0 Å². The van der Waals surface area contributed by atoms with Gasteiger partial charge in [0.15, 0.2) is 0 Å². The number of nitrogens with zero attached hydrogens (tertiary/aromatic N) is 1. The second kappa shape index (κ2) is 5.80. The van der Waals surface area contributed by atoms with Crippen molar-refractivity contribution in [3.63, 3.8) is 0 Å². The lowest BCUT2D eigenvalue weighted by molar-refractivity contribution is -0.384. The van der Waals surface area contributed by atoms with Crippen LogP contribution in [0.5, 0.6) is 11.5 Å². The molecule has 2 aromatic carbocycles. The van der Waals surface area contributed by atoms with E-state index in [0.29, 0.717) is 5.56 Å². The minimum Gasteiger partial charge on any atom is -0.478 e. The van der Waals surface area contributed by atoms with Crippen LogP contribution in [0.2, 0.25) is 5.02 Å². The number of carbonyl (C=O) groups is 1. The zero-order valence-electron chi connectivity index (χ0n) is 10.9. The molecule has 0 saturated heterocycles. The molecule has 0 heterocycles. The Labute approximate surface area is 124 Å². The highest BCUT2D eigenvalue weighted by Crippen LogP contribution is 2.35. The maximum absolute atomic E-state index is 11.2. The second-order valence-electron chi connectivity index (χ2n) is 4.23. The number of aromatic carboxylic acids is 1. The quantitative estimate of drug-likeness (QED) is 0.680. The number of benzene rings is 2. The minimum absolute atomic E-state index is 0.00980. The van der Waals surface area contributed by atoms with Gasteiger partial charge in [0.1, 0.15) is 17.1 Å². The molecule has 7 heteroatoms. The lowest BCUT2D eigenvalue weighted by Gasteiger charge is -2.12. The van der Waals surface area contributed by atoms with Gasteiger partial charge in [0.05, 0.1) is 9.95 Å². The lowest BCUT2D eigenvalue weighted by atomic mass is 10.1. The van der Waals surface area contributed by atoms with E-state index in [9.17, 15) is 14.9 Å². The van der Waals surface area contributed by atoms with Crippen molar-refractivity contribution in [2.75, 3.05) is 0 Å². The molecule has 0 saturated carbocycles. The van der Waals surface area contributed by atoms with Gasteiger partial charge < -0.3 is 9.84 Å². The largest absolute Gasteiger partial charge is 0.478 e. The van der Waals surface area contributed by atoms with Crippen LogP contribution < -0.4 is 4.74 Å². The first-order chi connectivity index (χ1) is 9.90. The standard InChI is InChI=1S/C14H10ClNO5/c1-8-3-2-4-10(14(17)18)13(8)21-12-6-5-9(16(19)20)7-11(12)15/h2-7H,1H3,(H,17,18). The van der Waals surface area contributed by atoms with E-state index in [1.807, 2.05) is 0 Å². The first kappa shape index (κ1) is 14.8. The van der Waals surface area contributed by atoms with Gasteiger partial charge in [0.25, 0.3) is 5.69 Å². The number of non-ortho nitro benzene ring substituents is 1. The summed E-state index contributed by atoms with van der Waals surface area (Å²) in [7, 11) is 0. The molecule has 0 aliphatic heterocycles. The minimum atomic E-state index is -1.13. The summed E-state index contributed by atoms with van der Waals surface area (Å²) < 4.78 is 5.53. The molecule has 0 aromatic heterocycles. The summed E-state index contributed by atoms with van der Waals surface area (Å²) in [5.41, 5.74) is 0.435. The first-order valence-corrected chi connectivity index (χ1v) is 6.22. The molecular weight excluding hydrogens is 298 g/mol. The number of halogens is 1. The highest BCUT2D eigenvalue weighted by atomic mass is 35.5. The van der Waals surface area contributed by atoms with Crippen LogP contribution in [0.25, 0.3) is 0 Å². The fourth-order valence-electron chi connectivity index (χ4n) is 1.75. The maximum atomic E-state index is 11.2. The van der Waals surface area contributed by atoms with Crippen LogP contribution in [0.1, 0.15) is 15.9 Å². The van der Waals surface area contributed by atoms with E-state index in [0.717, 1.165) is 6.07 Å². The van der Waals surface area contributed by atoms with Gasteiger partial charge in [0, 0.05) is 12.1 Å². The lowest BCUT2D eigenvalue weighted by Crippen LogP contribution is -2.01. The van der Waals surface area contributed by atoms with Gasteiger partial charge >= 0.3 is 5.97 Å². The molecule has 0 fully saturated rings. The summed E-state index contributed by atoms with van der Waals surface area (Å²) in [4.78, 5) is 21.3. The van der Waals surface area contributed by atoms with Gasteiger partial charge in [-0.05, 0) is 24.6 Å². The van der Waals surface area contributed by atoms with Gasteiger partial charge in [-0.25, -0.2) is 4.79 Å². The molecule has 2 aromatic rings. The summed E-state index contributed by atoms with van der Waals surface area (Å²) in [5, 5.41) is 19.8. The SMILES string of the molecule is Cc1cccc(C(=O)O)c1Oc1ccc([N+](=O)[O-])cc1Cl. The molecule has 0 spiro atoms. The predicted molar refractivity (Wildman–Crippen MR) is 76.3 cm³/mol. The first-order valence-electron chi connectivity index (χ1n) is 5.85. The summed E-state index contributed by atoms with van der Waals surface area (Å²) in [6.45, 7) is 1.70. The van der Waals surface area contributed by atoms with Crippen molar-refractivity contribution in [1.82, 2.24) is 0 Å². The van der Waals surface area contributed by atoms with E-state index < -0.39 is 10.9 Å². The molecular formula is C14H10ClNO5. The van der Waals surface area contributed by atoms with Crippen LogP contribution in [0, 0.1) is 17.0 Å². The van der Waals surface area contributed by atoms with E-state index in [1.54, 1.807) is 19.1 Å². The molecule has 21 heavy (non-hydrogen) atoms. The van der Waals surface area contributed by atoms with Crippen molar-refractivity contribution in [3.8, 4) is 11.5 Å². The Morgan fingerprint density at radius 2 is 2.05 bits per heavy atom. The van der Waals surface area contributed by atoms with Crippen LogP contribution >= 0.6 is 11.6 Å². The number of hydrogen-bond donors (Lipinski definition) is 1. The Balaban J connectivity index is 2.44. The average molecular weight is 308 g/mol. The Bertz CT molecular complexity index is 729. The number of para-hydroxylation sites is 1. The molecule has 0 aliphatic rings. The fraction of sp³-hybridized carbons (Fsp3) is 0.0714. The number of carboxylic acid groups (broad SMARTS) is 1. The molecule has 108 valence electrons. The number of carboxylic acids is 1. The normalized spacial score (nSPS) is 10.2. The molecule has 1 N–H and O–H groups in total. The van der Waals surface area contributed by atoms with Crippen molar-refractivity contribution in [3.05, 3.63) is 62.7 Å². The molecule has 2 rings (SSSR count). The van der Waals surface area contributed by atoms with Gasteiger partial charge in [-0.2, -0.15) is 0 Å².